The van der Waals surface area contributed by atoms with Crippen molar-refractivity contribution in [2.45, 2.75) is 19.4 Å². The summed E-state index contributed by atoms with van der Waals surface area (Å²) in [5.41, 5.74) is 1.21. The molecule has 0 aliphatic heterocycles. The van der Waals surface area contributed by atoms with Gasteiger partial charge < -0.3 is 20.1 Å². The zero-order valence-corrected chi connectivity index (χ0v) is 16.7. The van der Waals surface area contributed by atoms with Crippen LogP contribution in [0.5, 0.6) is 5.75 Å². The average Bonchev–Trinajstić information content (AvgIpc) is 2.74. The second-order valence-electron chi connectivity index (χ2n) is 6.28. The van der Waals surface area contributed by atoms with Gasteiger partial charge in [-0.3, -0.25) is 14.4 Å². The number of carbonyl (C=O) groups is 3. The van der Waals surface area contributed by atoms with Gasteiger partial charge in [-0.2, -0.15) is 0 Å². The van der Waals surface area contributed by atoms with Gasteiger partial charge in [-0.1, -0.05) is 12.1 Å². The minimum Gasteiger partial charge on any atom is -0.497 e. The zero-order chi connectivity index (χ0) is 21.9. The third-order valence-corrected chi connectivity index (χ3v) is 3.96. The van der Waals surface area contributed by atoms with Crippen molar-refractivity contribution in [1.29, 1.82) is 0 Å². The van der Waals surface area contributed by atoms with Gasteiger partial charge in [0, 0.05) is 18.3 Å². The Hall–Kier alpha value is -3.68. The number of rotatable bonds is 9. The third kappa shape index (κ3) is 7.75. The minimum absolute atomic E-state index is 0.0664. The Labute approximate surface area is 173 Å². The second kappa shape index (κ2) is 11.4. The van der Waals surface area contributed by atoms with Crippen molar-refractivity contribution in [3.8, 4) is 5.75 Å². The van der Waals surface area contributed by atoms with Crippen molar-refractivity contribution in [2.75, 3.05) is 19.0 Å². The van der Waals surface area contributed by atoms with Crippen LogP contribution in [0.25, 0.3) is 6.08 Å². The smallest absolute Gasteiger partial charge is 0.308 e. The molecule has 2 rings (SSSR count). The average molecular weight is 414 g/mol. The lowest BCUT2D eigenvalue weighted by atomic mass is 10.2. The van der Waals surface area contributed by atoms with E-state index >= 15 is 0 Å². The minimum atomic E-state index is -1.03. The van der Waals surface area contributed by atoms with Crippen LogP contribution in [0.2, 0.25) is 0 Å². The van der Waals surface area contributed by atoms with Crippen molar-refractivity contribution >= 4 is 29.5 Å². The van der Waals surface area contributed by atoms with Gasteiger partial charge in [-0.15, -0.1) is 0 Å². The molecule has 0 bridgehead atoms. The standard InChI is InChI=1S/C22H23FN2O5/c1-15(22(28)25-18-8-6-17(23)7-9-18)30-21(27)13-14-24-20(26)12-5-16-3-10-19(29-2)11-4-16/h3-12,15H,13-14H2,1-2H3,(H,24,26)(H,25,28)/b12-5+/t15-/m0/s1. The highest BCUT2D eigenvalue weighted by Gasteiger charge is 2.17. The molecule has 0 aliphatic carbocycles. The van der Waals surface area contributed by atoms with Crippen LogP contribution < -0.4 is 15.4 Å². The van der Waals surface area contributed by atoms with E-state index in [1.54, 1.807) is 37.5 Å². The number of hydrogen-bond acceptors (Lipinski definition) is 5. The van der Waals surface area contributed by atoms with E-state index in [1.807, 2.05) is 0 Å². The number of benzene rings is 2. The fourth-order valence-electron chi connectivity index (χ4n) is 2.32. The highest BCUT2D eigenvalue weighted by molar-refractivity contribution is 5.95. The molecule has 0 aromatic heterocycles. The lowest BCUT2D eigenvalue weighted by molar-refractivity contribution is -0.153. The first-order valence-corrected chi connectivity index (χ1v) is 9.23. The number of nitrogens with one attached hydrogen (secondary N) is 2. The normalized spacial score (nSPS) is 11.6. The molecule has 1 atom stereocenters. The number of hydrogen-bond donors (Lipinski definition) is 2. The van der Waals surface area contributed by atoms with E-state index in [0.29, 0.717) is 5.69 Å². The number of methoxy groups -OCH3 is 1. The van der Waals surface area contributed by atoms with Crippen molar-refractivity contribution in [1.82, 2.24) is 5.32 Å². The predicted molar refractivity (Wildman–Crippen MR) is 110 cm³/mol. The molecule has 2 N–H and O–H groups in total. The van der Waals surface area contributed by atoms with Crippen molar-refractivity contribution in [3.63, 3.8) is 0 Å². The molecule has 158 valence electrons. The summed E-state index contributed by atoms with van der Waals surface area (Å²) in [5.74, 6) is -1.23. The molecule has 2 aromatic carbocycles. The van der Waals surface area contributed by atoms with E-state index in [2.05, 4.69) is 10.6 Å². The fraction of sp³-hybridized carbons (Fsp3) is 0.227. The van der Waals surface area contributed by atoms with Crippen LogP contribution in [0.4, 0.5) is 10.1 Å². The van der Waals surface area contributed by atoms with E-state index in [9.17, 15) is 18.8 Å². The summed E-state index contributed by atoms with van der Waals surface area (Å²) < 4.78 is 23.0. The Kier molecular flexibility index (Phi) is 8.56. The van der Waals surface area contributed by atoms with Crippen molar-refractivity contribution < 1.29 is 28.2 Å². The second-order valence-corrected chi connectivity index (χ2v) is 6.28. The molecule has 8 heteroatoms. The molecule has 0 radical (unpaired) electrons. The Morgan fingerprint density at radius 1 is 1.07 bits per heavy atom. The van der Waals surface area contributed by atoms with Gasteiger partial charge in [-0.25, -0.2) is 4.39 Å². The van der Waals surface area contributed by atoms with Crippen LogP contribution in [0.1, 0.15) is 18.9 Å². The maximum atomic E-state index is 12.9. The molecule has 0 fully saturated rings. The highest BCUT2D eigenvalue weighted by Crippen LogP contribution is 2.12. The number of amides is 2. The van der Waals surface area contributed by atoms with Gasteiger partial charge in [0.25, 0.3) is 5.91 Å². The number of halogens is 1. The number of ether oxygens (including phenoxy) is 2. The predicted octanol–water partition coefficient (Wildman–Crippen LogP) is 2.92. The van der Waals surface area contributed by atoms with Gasteiger partial charge in [0.05, 0.1) is 13.5 Å². The Morgan fingerprint density at radius 3 is 2.37 bits per heavy atom. The van der Waals surface area contributed by atoms with Crippen molar-refractivity contribution in [2.24, 2.45) is 0 Å². The molecule has 2 aromatic rings. The van der Waals surface area contributed by atoms with Crippen LogP contribution >= 0.6 is 0 Å². The maximum absolute atomic E-state index is 12.9. The van der Waals surface area contributed by atoms with Gasteiger partial charge >= 0.3 is 5.97 Å². The topological polar surface area (TPSA) is 93.7 Å². The summed E-state index contributed by atoms with van der Waals surface area (Å²) in [6.45, 7) is 1.49. The number of anilines is 1. The first-order valence-electron chi connectivity index (χ1n) is 9.23. The number of esters is 1. The quantitative estimate of drug-likeness (QED) is 0.486. The Morgan fingerprint density at radius 2 is 1.73 bits per heavy atom. The van der Waals surface area contributed by atoms with Gasteiger partial charge in [-0.05, 0) is 55.0 Å². The zero-order valence-electron chi connectivity index (χ0n) is 16.7. The molecule has 0 aliphatic rings. The molecule has 0 unspecified atom stereocenters. The largest absolute Gasteiger partial charge is 0.497 e. The maximum Gasteiger partial charge on any atom is 0.308 e. The number of carbonyl (C=O) groups excluding carboxylic acids is 3. The molecule has 0 heterocycles. The Bertz CT molecular complexity index is 895. The van der Waals surface area contributed by atoms with Crippen LogP contribution in [-0.2, 0) is 19.1 Å². The summed E-state index contributed by atoms with van der Waals surface area (Å²) in [6, 6.07) is 12.4. The monoisotopic (exact) mass is 414 g/mol. The van der Waals surface area contributed by atoms with Gasteiger partial charge in [0.2, 0.25) is 5.91 Å². The molecule has 30 heavy (non-hydrogen) atoms. The van der Waals surface area contributed by atoms with Crippen LogP contribution in [0, 0.1) is 5.82 Å². The lowest BCUT2D eigenvalue weighted by Gasteiger charge is -2.13. The lowest BCUT2D eigenvalue weighted by Crippen LogP contribution is -2.31. The van der Waals surface area contributed by atoms with Gasteiger partial charge in [0.1, 0.15) is 11.6 Å². The van der Waals surface area contributed by atoms with Crippen LogP contribution in [0.3, 0.4) is 0 Å². The first-order chi connectivity index (χ1) is 14.4. The van der Waals surface area contributed by atoms with E-state index < -0.39 is 23.8 Å². The molecular weight excluding hydrogens is 391 g/mol. The molecule has 2 amide bonds. The molecule has 7 nitrogen and oxygen atoms in total. The van der Waals surface area contributed by atoms with Crippen molar-refractivity contribution in [3.05, 3.63) is 66.0 Å². The molecule has 0 saturated heterocycles. The van der Waals surface area contributed by atoms with E-state index in [1.165, 1.54) is 37.3 Å². The summed E-state index contributed by atoms with van der Waals surface area (Å²) in [6.07, 6.45) is 1.87. The first kappa shape index (κ1) is 22.6. The summed E-state index contributed by atoms with van der Waals surface area (Å²) in [4.78, 5) is 35.7. The van der Waals surface area contributed by atoms with E-state index in [4.69, 9.17) is 9.47 Å². The van der Waals surface area contributed by atoms with Crippen LogP contribution in [-0.4, -0.2) is 37.5 Å². The highest BCUT2D eigenvalue weighted by atomic mass is 19.1. The summed E-state index contributed by atoms with van der Waals surface area (Å²) >= 11 is 0. The molecular formula is C22H23FN2O5. The van der Waals surface area contributed by atoms with Gasteiger partial charge in [0.15, 0.2) is 6.10 Å². The molecule has 0 saturated carbocycles. The van der Waals surface area contributed by atoms with E-state index in [-0.39, 0.29) is 18.9 Å². The Balaban J connectivity index is 1.68. The van der Waals surface area contributed by atoms with Crippen LogP contribution in [0.15, 0.2) is 54.6 Å². The SMILES string of the molecule is COc1ccc(/C=C/C(=O)NCCC(=O)O[C@@H](C)C(=O)Nc2ccc(F)cc2)cc1. The summed E-state index contributed by atoms with van der Waals surface area (Å²) in [7, 11) is 1.57. The summed E-state index contributed by atoms with van der Waals surface area (Å²) in [5, 5.41) is 5.09. The molecule has 0 spiro atoms. The van der Waals surface area contributed by atoms with E-state index in [0.717, 1.165) is 11.3 Å². The third-order valence-electron chi connectivity index (χ3n) is 3.96. The fourth-order valence-corrected chi connectivity index (χ4v) is 2.32.